The molecule has 10 N–H and O–H groups in total. The summed E-state index contributed by atoms with van der Waals surface area (Å²) in [5.41, 5.74) is 19.4. The molecule has 0 aromatic heterocycles. The van der Waals surface area contributed by atoms with Gasteiger partial charge >= 0.3 is 11.3 Å². The minimum atomic E-state index is -3.86. The summed E-state index contributed by atoms with van der Waals surface area (Å²) in [6.07, 6.45) is 2.68. The lowest BCUT2D eigenvalue weighted by atomic mass is 10.0. The van der Waals surface area contributed by atoms with Gasteiger partial charge in [0.25, 0.3) is 0 Å². The Kier molecular flexibility index (Phi) is 12.1. The third-order valence-electron chi connectivity index (χ3n) is 6.05. The first kappa shape index (κ1) is 33.7. The molecule has 0 saturated carbocycles. The third-order valence-corrected chi connectivity index (χ3v) is 8.55. The van der Waals surface area contributed by atoms with Gasteiger partial charge in [0, 0.05) is 12.5 Å². The summed E-state index contributed by atoms with van der Waals surface area (Å²) in [5.74, 6) is -0.871. The Balaban J connectivity index is 1.60. The summed E-state index contributed by atoms with van der Waals surface area (Å²) < 4.78 is 36.0. The summed E-state index contributed by atoms with van der Waals surface area (Å²) in [4.78, 5) is 29.2. The zero-order valence-electron chi connectivity index (χ0n) is 22.4. The lowest BCUT2D eigenvalue weighted by molar-refractivity contribution is -0.168. The van der Waals surface area contributed by atoms with Crippen molar-refractivity contribution >= 4 is 51.5 Å². The molecule has 20 heteroatoms. The molecular weight excluding hydrogens is 692 g/mol. The van der Waals surface area contributed by atoms with Crippen LogP contribution in [0.15, 0.2) is 27.8 Å². The second kappa shape index (κ2) is 15.1. The van der Waals surface area contributed by atoms with Gasteiger partial charge in [-0.25, -0.2) is 14.4 Å². The van der Waals surface area contributed by atoms with Gasteiger partial charge in [-0.2, -0.15) is 5.01 Å². The number of hydrazone groups is 1. The Hall–Kier alpha value is -2.76. The van der Waals surface area contributed by atoms with Crippen molar-refractivity contribution in [2.24, 2.45) is 27.3 Å². The van der Waals surface area contributed by atoms with Crippen LogP contribution in [0.5, 0.6) is 0 Å². The topological polar surface area (TPSA) is 262 Å². The highest BCUT2D eigenvalue weighted by Crippen LogP contribution is 2.59. The van der Waals surface area contributed by atoms with Crippen LogP contribution in [0.3, 0.4) is 0 Å². The van der Waals surface area contributed by atoms with E-state index in [9.17, 15) is 24.4 Å². The molecular formula is C22H33IN9O9P. The highest BCUT2D eigenvalue weighted by molar-refractivity contribution is 14.2. The molecule has 42 heavy (non-hydrogen) atoms. The van der Waals surface area contributed by atoms with Gasteiger partial charge in [0.1, 0.15) is 30.9 Å². The number of aliphatic hydroxyl groups is 2. The van der Waals surface area contributed by atoms with Gasteiger partial charge < -0.3 is 42.2 Å². The maximum Gasteiger partial charge on any atom is 0.389 e. The third kappa shape index (κ3) is 9.37. The summed E-state index contributed by atoms with van der Waals surface area (Å²) in [5, 5.41) is 26.1. The lowest BCUT2D eigenvalue weighted by Crippen LogP contribution is -2.49. The second-order valence-electron chi connectivity index (χ2n) is 9.20. The fraction of sp³-hybridized carbons (Fsp3) is 0.591. The molecule has 0 bridgehead atoms. The molecule has 0 spiro atoms. The van der Waals surface area contributed by atoms with Crippen LogP contribution in [0, 0.1) is 12.5 Å². The van der Waals surface area contributed by atoms with Gasteiger partial charge in [-0.1, -0.05) is 12.2 Å². The number of urea groups is 1. The normalized spacial score (nSPS) is 31.0. The number of ether oxygens (including phenoxy) is 2. The first-order chi connectivity index (χ1) is 19.8. The molecule has 0 radical (unpaired) electrons. The molecule has 232 valence electrons. The van der Waals surface area contributed by atoms with Gasteiger partial charge in [-0.15, -0.1) is 5.10 Å². The fourth-order valence-corrected chi connectivity index (χ4v) is 6.20. The number of nitrogens with one attached hydrogen (secondary N) is 2. The Morgan fingerprint density at radius 1 is 1.50 bits per heavy atom. The van der Waals surface area contributed by atoms with Gasteiger partial charge in [0.2, 0.25) is 11.9 Å². The number of hydrogen-bond donors (Lipinski definition) is 7. The van der Waals surface area contributed by atoms with Crippen LogP contribution >= 0.6 is 27.3 Å². The van der Waals surface area contributed by atoms with Crippen molar-refractivity contribution in [1.29, 1.82) is 0 Å². The number of nitrogens with zero attached hydrogens (tertiary/aromatic N) is 4. The monoisotopic (exact) mass is 725 g/mol. The van der Waals surface area contributed by atoms with Crippen LogP contribution in [-0.2, 0) is 27.9 Å². The number of rotatable bonds is 10. The van der Waals surface area contributed by atoms with Gasteiger partial charge in [0.05, 0.1) is 53.6 Å². The quantitative estimate of drug-likeness (QED) is 0.0197. The van der Waals surface area contributed by atoms with Crippen LogP contribution in [0.25, 0.3) is 0 Å². The summed E-state index contributed by atoms with van der Waals surface area (Å²) in [6, 6.07) is 0.847. The Labute approximate surface area is 254 Å². The number of amides is 3. The molecule has 3 heterocycles. The van der Waals surface area contributed by atoms with E-state index in [0.717, 1.165) is 16.2 Å². The predicted octanol–water partition coefficient (Wildman–Crippen LogP) is -1.54. The number of aliphatic imine (C=N–C) groups is 1. The molecule has 18 nitrogen and oxygen atoms in total. The van der Waals surface area contributed by atoms with E-state index >= 15 is 0 Å². The number of carbonyl (C=O) groups excluding carboxylic acids is 2. The van der Waals surface area contributed by atoms with Gasteiger partial charge in [-0.05, 0) is 19.8 Å². The molecule has 3 aliphatic rings. The van der Waals surface area contributed by atoms with Crippen LogP contribution in [0.2, 0.25) is 0 Å². The van der Waals surface area contributed by atoms with Crippen LogP contribution in [0.1, 0.15) is 26.2 Å². The minimum absolute atomic E-state index is 0.00894. The minimum Gasteiger partial charge on any atom is -0.394 e. The highest BCUT2D eigenvalue weighted by atomic mass is 127. The number of aliphatic hydroxyl groups excluding tert-OH is 2. The van der Waals surface area contributed by atoms with Crippen molar-refractivity contribution in [3.8, 4) is 12.5 Å². The molecule has 2 fully saturated rings. The van der Waals surface area contributed by atoms with Crippen LogP contribution in [-0.4, -0.2) is 100 Å². The zero-order chi connectivity index (χ0) is 31.0. The van der Waals surface area contributed by atoms with Crippen molar-refractivity contribution < 1.29 is 42.9 Å². The van der Waals surface area contributed by atoms with E-state index in [1.165, 1.54) is 35.2 Å². The van der Waals surface area contributed by atoms with Crippen LogP contribution in [0.4, 0.5) is 4.79 Å². The van der Waals surface area contributed by atoms with Crippen molar-refractivity contribution in [3.63, 3.8) is 0 Å². The van der Waals surface area contributed by atoms with E-state index in [0.29, 0.717) is 0 Å². The number of terminal acetylenes is 1. The summed E-state index contributed by atoms with van der Waals surface area (Å²) in [7, 11) is 0. The van der Waals surface area contributed by atoms with Gasteiger partial charge in [-0.3, -0.25) is 24.1 Å². The molecule has 3 rings (SSSR count). The summed E-state index contributed by atoms with van der Waals surface area (Å²) in [6.45, 7) is 0.594. The van der Waals surface area contributed by atoms with E-state index in [4.69, 9.17) is 42.1 Å². The Bertz CT molecular complexity index is 1220. The first-order valence-corrected chi connectivity index (χ1v) is 16.9. The number of guanidine groups is 1. The van der Waals surface area contributed by atoms with Crippen molar-refractivity contribution in [2.45, 2.75) is 69.1 Å². The molecule has 3 amide bonds. The number of halogens is 1. The molecule has 8 atom stereocenters. The van der Waals surface area contributed by atoms with Crippen LogP contribution < -0.4 is 27.8 Å². The Morgan fingerprint density at radius 2 is 2.24 bits per heavy atom. The highest BCUT2D eigenvalue weighted by Gasteiger charge is 2.44. The fourth-order valence-electron chi connectivity index (χ4n) is 3.91. The standard InChI is InChI=1S/C22H33IN9O9P/c1-3-32(30-21(26)29-20(35)12(2)24)18-5-4-13(34)16(40-18)10-38-42(23,37)41-14-8-19(39-15(14)9-33)31-11-28-17(25)6-7-27-22(31)36/h1,7,11-16,18-19,33-34H,4-5,8-10,24-25H2,2H3,(H,27,36)(H3,26,29,30,35)/b28-11-/t6?,12?,13?,14?,15-,16-,18-,19-,42?/m1/s1. The number of carbonyl (C=O) groups is 2. The van der Waals surface area contributed by atoms with Gasteiger partial charge in [0.15, 0.2) is 12.0 Å². The van der Waals surface area contributed by atoms with Crippen molar-refractivity contribution in [1.82, 2.24) is 20.5 Å². The predicted molar refractivity (Wildman–Crippen MR) is 155 cm³/mol. The zero-order valence-corrected chi connectivity index (χ0v) is 25.5. The molecule has 2 saturated heterocycles. The van der Waals surface area contributed by atoms with E-state index in [-0.39, 0.29) is 37.6 Å². The molecule has 4 unspecified atom stereocenters. The van der Waals surface area contributed by atoms with E-state index in [2.05, 4.69) is 32.5 Å². The number of hydrogen-bond acceptors (Lipinski definition) is 14. The average molecular weight is 725 g/mol. The lowest BCUT2D eigenvalue weighted by Gasteiger charge is -2.36. The molecule has 0 aliphatic carbocycles. The molecule has 0 aromatic rings. The Morgan fingerprint density at radius 3 is 2.90 bits per heavy atom. The van der Waals surface area contributed by atoms with Crippen molar-refractivity contribution in [2.75, 3.05) is 13.2 Å². The maximum atomic E-state index is 13.2. The number of nitrogens with two attached hydrogens (primary N) is 3. The van der Waals surface area contributed by atoms with E-state index in [1.807, 2.05) is 0 Å². The second-order valence-corrected chi connectivity index (χ2v) is 14.1. The van der Waals surface area contributed by atoms with E-state index < -0.39 is 66.7 Å². The smallest absolute Gasteiger partial charge is 0.389 e. The van der Waals surface area contributed by atoms with E-state index in [1.54, 1.807) is 0 Å². The first-order valence-electron chi connectivity index (χ1n) is 12.6. The maximum absolute atomic E-state index is 13.2. The SMILES string of the molecule is C#CN(/N=C(/N)NC(=O)C(C)N)[C@H]1CCC(O)[C@@H](COP(=O)(I)OC2C[C@H](N3/C=N\C(N)=C=CNC3=O)O[C@@H]2CO)O1. The van der Waals surface area contributed by atoms with Crippen molar-refractivity contribution in [3.05, 3.63) is 17.8 Å². The average Bonchev–Trinajstić information content (AvgIpc) is 3.31. The molecule has 0 aromatic carbocycles. The molecule has 3 aliphatic heterocycles. The summed E-state index contributed by atoms with van der Waals surface area (Å²) >= 11 is 1.49. The largest absolute Gasteiger partial charge is 0.394 e.